The predicted molar refractivity (Wildman–Crippen MR) is 32.8 cm³/mol. The van der Waals surface area contributed by atoms with E-state index in [1.807, 2.05) is 0 Å². The fourth-order valence-corrected chi connectivity index (χ4v) is 0.479. The Morgan fingerprint density at radius 3 is 2.43 bits per heavy atom. The molecular weight excluding hydrogens is 181 g/mol. The van der Waals surface area contributed by atoms with Crippen LogP contribution in [0.1, 0.15) is 0 Å². The van der Waals surface area contributed by atoms with Crippen LogP contribution in [0.3, 0.4) is 0 Å². The first-order chi connectivity index (χ1) is 3.18. The van der Waals surface area contributed by atoms with Crippen molar-refractivity contribution in [2.45, 2.75) is 0 Å². The molecule has 0 atom stereocenters. The zero-order valence-corrected chi connectivity index (χ0v) is 6.16. The van der Waals surface area contributed by atoms with Crippen molar-refractivity contribution in [1.82, 2.24) is 4.90 Å². The normalized spacial score (nSPS) is 8.43. The molecule has 0 saturated carbocycles. The van der Waals surface area contributed by atoms with E-state index in [9.17, 15) is 4.79 Å². The monoisotopic (exact) mass is 185 g/mol. The Labute approximate surface area is 55.6 Å². The van der Waals surface area contributed by atoms with E-state index in [1.54, 1.807) is 7.05 Å². The summed E-state index contributed by atoms with van der Waals surface area (Å²) in [5, 5.41) is -0.447. The van der Waals surface area contributed by atoms with Crippen molar-refractivity contribution in [1.29, 1.82) is 0 Å². The quantitative estimate of drug-likeness (QED) is 0.346. The van der Waals surface area contributed by atoms with Gasteiger partial charge in [-0.1, -0.05) is 15.9 Å². The average Bonchev–Trinajstić information content (AvgIpc) is 1.65. The molecule has 0 bridgehead atoms. The third kappa shape index (κ3) is 2.88. The second-order valence-electron chi connectivity index (χ2n) is 1.07. The number of alkyl halides is 1. The second kappa shape index (κ2) is 3.27. The minimum Gasteiger partial charge on any atom is -0.322 e. The summed E-state index contributed by atoms with van der Waals surface area (Å²) in [6.45, 7) is 0. The summed E-state index contributed by atoms with van der Waals surface area (Å²) >= 11 is 8.02. The van der Waals surface area contributed by atoms with Crippen molar-refractivity contribution in [2.75, 3.05) is 12.5 Å². The summed E-state index contributed by atoms with van der Waals surface area (Å²) in [5.74, 6) is 0. The van der Waals surface area contributed by atoms with Gasteiger partial charge in [-0.15, -0.1) is 0 Å². The highest BCUT2D eigenvalue weighted by Gasteiger charge is 1.98. The van der Waals surface area contributed by atoms with Crippen LogP contribution < -0.4 is 0 Å². The van der Waals surface area contributed by atoms with Gasteiger partial charge < -0.3 is 4.90 Å². The lowest BCUT2D eigenvalue weighted by molar-refractivity contribution is 0.239. The van der Waals surface area contributed by atoms with Crippen molar-refractivity contribution in [3.05, 3.63) is 0 Å². The minimum absolute atomic E-state index is 0.447. The average molecular weight is 186 g/mol. The van der Waals surface area contributed by atoms with E-state index in [0.717, 1.165) is 0 Å². The molecule has 0 aromatic rings. The van der Waals surface area contributed by atoms with E-state index in [2.05, 4.69) is 15.9 Å². The largest absolute Gasteiger partial charge is 0.322 e. The fourth-order valence-electron chi connectivity index (χ4n) is 0.0470. The topological polar surface area (TPSA) is 20.3 Å². The van der Waals surface area contributed by atoms with E-state index in [1.165, 1.54) is 4.90 Å². The molecule has 0 heterocycles. The van der Waals surface area contributed by atoms with Gasteiger partial charge in [0.25, 0.3) is 0 Å². The molecule has 0 radical (unpaired) electrons. The molecule has 0 fully saturated rings. The molecule has 42 valence electrons. The third-order valence-corrected chi connectivity index (χ3v) is 1.52. The Kier molecular flexibility index (Phi) is 3.38. The van der Waals surface area contributed by atoms with E-state index >= 15 is 0 Å². The first-order valence-corrected chi connectivity index (χ1v) is 3.15. The molecule has 0 saturated heterocycles. The summed E-state index contributed by atoms with van der Waals surface area (Å²) in [4.78, 5) is 11.4. The highest BCUT2D eigenvalue weighted by atomic mass is 79.9. The lowest BCUT2D eigenvalue weighted by Crippen LogP contribution is -2.17. The molecule has 0 spiro atoms. The van der Waals surface area contributed by atoms with Crippen LogP contribution in [-0.4, -0.2) is 22.8 Å². The Morgan fingerprint density at radius 2 is 2.43 bits per heavy atom. The van der Waals surface area contributed by atoms with Crippen molar-refractivity contribution in [2.24, 2.45) is 0 Å². The summed E-state index contributed by atoms with van der Waals surface area (Å²) in [6.07, 6.45) is 0. The maximum absolute atomic E-state index is 10.0. The Balaban J connectivity index is 3.34. The van der Waals surface area contributed by atoms with Gasteiger partial charge in [0.05, 0.1) is 5.45 Å². The van der Waals surface area contributed by atoms with Gasteiger partial charge in [0, 0.05) is 7.05 Å². The Bertz CT molecular complexity index is 77.3. The van der Waals surface area contributed by atoms with E-state index in [0.29, 0.717) is 5.45 Å². The van der Waals surface area contributed by atoms with Crippen LogP contribution in [0.25, 0.3) is 0 Å². The van der Waals surface area contributed by atoms with Gasteiger partial charge in [-0.05, 0) is 11.6 Å². The number of hydrogen-bond acceptors (Lipinski definition) is 1. The van der Waals surface area contributed by atoms with Gasteiger partial charge in [0.2, 0.25) is 0 Å². The first-order valence-electron chi connectivity index (χ1n) is 1.65. The first kappa shape index (κ1) is 7.24. The predicted octanol–water partition coefficient (Wildman–Crippen LogP) is 1.63. The highest BCUT2D eigenvalue weighted by Crippen LogP contribution is 1.93. The molecule has 7 heavy (non-hydrogen) atoms. The van der Waals surface area contributed by atoms with Gasteiger partial charge in [-0.3, -0.25) is 4.79 Å². The number of hydrogen-bond donors (Lipinski definition) is 0. The molecule has 4 heteroatoms. The molecule has 0 aromatic carbocycles. The van der Waals surface area contributed by atoms with Crippen molar-refractivity contribution < 1.29 is 4.79 Å². The fraction of sp³-hybridized carbons (Fsp3) is 0.667. The Morgan fingerprint density at radius 1 is 2.00 bits per heavy atom. The van der Waals surface area contributed by atoms with E-state index in [-0.39, 0.29) is 0 Å². The highest BCUT2D eigenvalue weighted by molar-refractivity contribution is 9.09. The standard InChI is InChI=1S/C3H5BrClNO/c1-6(2-4)3(5)7/h2H2,1H3. The lowest BCUT2D eigenvalue weighted by Gasteiger charge is -2.05. The number of carbonyl (C=O) groups excluding carboxylic acids is 1. The van der Waals surface area contributed by atoms with Crippen molar-refractivity contribution in [3.63, 3.8) is 0 Å². The second-order valence-corrected chi connectivity index (χ2v) is 1.90. The molecule has 0 aliphatic rings. The van der Waals surface area contributed by atoms with E-state index in [4.69, 9.17) is 11.6 Å². The number of amides is 1. The van der Waals surface area contributed by atoms with Gasteiger partial charge in [-0.25, -0.2) is 0 Å². The van der Waals surface area contributed by atoms with Gasteiger partial charge in [-0.2, -0.15) is 0 Å². The number of rotatable bonds is 1. The molecule has 0 rings (SSSR count). The van der Waals surface area contributed by atoms with E-state index < -0.39 is 5.37 Å². The SMILES string of the molecule is CN(CBr)C(=O)Cl. The van der Waals surface area contributed by atoms with Crippen molar-refractivity contribution >= 4 is 32.9 Å². The molecule has 0 unspecified atom stereocenters. The maximum Gasteiger partial charge on any atom is 0.316 e. The maximum atomic E-state index is 10.0. The van der Waals surface area contributed by atoms with Crippen molar-refractivity contribution in [3.8, 4) is 0 Å². The smallest absolute Gasteiger partial charge is 0.316 e. The molecule has 0 aliphatic heterocycles. The lowest BCUT2D eigenvalue weighted by atomic mass is 11.0. The van der Waals surface area contributed by atoms with Crippen LogP contribution in [0.15, 0.2) is 0 Å². The number of carbonyl (C=O) groups is 1. The zero-order chi connectivity index (χ0) is 5.86. The van der Waals surface area contributed by atoms with Gasteiger partial charge in [0.1, 0.15) is 0 Å². The van der Waals surface area contributed by atoms with Crippen LogP contribution in [0.5, 0.6) is 0 Å². The van der Waals surface area contributed by atoms with Crippen LogP contribution in [0.2, 0.25) is 0 Å². The van der Waals surface area contributed by atoms with Crippen LogP contribution in [-0.2, 0) is 0 Å². The Hall–Kier alpha value is 0.240. The third-order valence-electron chi connectivity index (χ3n) is 0.479. The summed E-state index contributed by atoms with van der Waals surface area (Å²) < 4.78 is 0. The molecule has 0 aromatic heterocycles. The molecular formula is C3H5BrClNO. The minimum atomic E-state index is -0.447. The zero-order valence-electron chi connectivity index (χ0n) is 3.82. The summed E-state index contributed by atoms with van der Waals surface area (Å²) in [7, 11) is 1.60. The molecule has 0 aliphatic carbocycles. The van der Waals surface area contributed by atoms with Crippen LogP contribution in [0, 0.1) is 0 Å². The van der Waals surface area contributed by atoms with Gasteiger partial charge in [0.15, 0.2) is 0 Å². The van der Waals surface area contributed by atoms with Crippen LogP contribution >= 0.6 is 27.5 Å². The molecule has 2 nitrogen and oxygen atoms in total. The van der Waals surface area contributed by atoms with Crippen LogP contribution in [0.4, 0.5) is 4.79 Å². The molecule has 0 N–H and O–H groups in total. The summed E-state index contributed by atoms with van der Waals surface area (Å²) in [5.41, 5.74) is 0.481. The number of halogens is 2. The number of nitrogens with zero attached hydrogens (tertiary/aromatic N) is 1. The summed E-state index contributed by atoms with van der Waals surface area (Å²) in [6, 6.07) is 0. The molecule has 1 amide bonds. The van der Waals surface area contributed by atoms with Gasteiger partial charge >= 0.3 is 5.37 Å².